The second-order valence-corrected chi connectivity index (χ2v) is 6.01. The van der Waals surface area contributed by atoms with Crippen LogP contribution in [0.25, 0.3) is 5.69 Å². The van der Waals surface area contributed by atoms with Crippen LogP contribution >= 0.6 is 11.6 Å². The zero-order valence-electron chi connectivity index (χ0n) is 12.4. The molecule has 1 aromatic heterocycles. The van der Waals surface area contributed by atoms with Crippen molar-refractivity contribution in [2.75, 3.05) is 13.1 Å². The first kappa shape index (κ1) is 15.6. The van der Waals surface area contributed by atoms with E-state index in [1.54, 1.807) is 27.9 Å². The number of carboxylic acid groups (broad SMARTS) is 1. The Bertz CT molecular complexity index is 726. The van der Waals surface area contributed by atoms with Gasteiger partial charge >= 0.3 is 5.97 Å². The number of aromatic nitrogens is 2. The van der Waals surface area contributed by atoms with Crippen molar-refractivity contribution in [3.05, 3.63) is 47.2 Å². The van der Waals surface area contributed by atoms with Crippen LogP contribution in [0.2, 0.25) is 5.02 Å². The molecule has 0 saturated carbocycles. The molecule has 0 spiro atoms. The normalized spacial score (nSPS) is 18.0. The fourth-order valence-electron chi connectivity index (χ4n) is 2.71. The van der Waals surface area contributed by atoms with E-state index in [1.165, 1.54) is 6.20 Å². The predicted octanol–water partition coefficient (Wildman–Crippen LogP) is 2.46. The summed E-state index contributed by atoms with van der Waals surface area (Å²) >= 11 is 5.86. The van der Waals surface area contributed by atoms with Crippen LogP contribution in [0.5, 0.6) is 0 Å². The van der Waals surface area contributed by atoms with Crippen molar-refractivity contribution < 1.29 is 14.7 Å². The monoisotopic (exact) mass is 333 g/mol. The van der Waals surface area contributed by atoms with E-state index in [0.717, 1.165) is 5.69 Å². The fourth-order valence-corrected chi connectivity index (χ4v) is 2.84. The Morgan fingerprint density at radius 3 is 2.70 bits per heavy atom. The highest BCUT2D eigenvalue weighted by atomic mass is 35.5. The Morgan fingerprint density at radius 1 is 1.26 bits per heavy atom. The maximum Gasteiger partial charge on any atom is 0.308 e. The number of nitrogens with zero attached hydrogens (tertiary/aromatic N) is 3. The van der Waals surface area contributed by atoms with E-state index >= 15 is 0 Å². The van der Waals surface area contributed by atoms with Gasteiger partial charge in [-0.3, -0.25) is 9.59 Å². The molecule has 0 bridgehead atoms. The first-order valence-electron chi connectivity index (χ1n) is 7.37. The molecule has 1 aliphatic rings. The highest BCUT2D eigenvalue weighted by molar-refractivity contribution is 6.30. The number of halogens is 1. The van der Waals surface area contributed by atoms with Gasteiger partial charge in [-0.2, -0.15) is 5.10 Å². The van der Waals surface area contributed by atoms with E-state index in [1.807, 2.05) is 12.1 Å². The average Bonchev–Trinajstić information content (AvgIpc) is 3.05. The number of hydrogen-bond acceptors (Lipinski definition) is 3. The number of aliphatic carboxylic acids is 1. The number of carbonyl (C=O) groups excluding carboxylic acids is 1. The van der Waals surface area contributed by atoms with Crippen LogP contribution < -0.4 is 0 Å². The molecule has 1 aromatic carbocycles. The van der Waals surface area contributed by atoms with Gasteiger partial charge in [-0.25, -0.2) is 4.68 Å². The molecular weight excluding hydrogens is 318 g/mol. The molecule has 1 atom stereocenters. The van der Waals surface area contributed by atoms with Gasteiger partial charge in [0.2, 0.25) is 0 Å². The summed E-state index contributed by atoms with van der Waals surface area (Å²) in [6.45, 7) is 0.828. The Labute approximate surface area is 138 Å². The van der Waals surface area contributed by atoms with Crippen molar-refractivity contribution in [2.45, 2.75) is 12.8 Å². The molecular formula is C16H16ClN3O3. The molecule has 3 rings (SSSR count). The second-order valence-electron chi connectivity index (χ2n) is 5.58. The summed E-state index contributed by atoms with van der Waals surface area (Å²) in [5.41, 5.74) is 1.25. The van der Waals surface area contributed by atoms with Gasteiger partial charge in [0.05, 0.1) is 23.4 Å². The lowest BCUT2D eigenvalue weighted by Gasteiger charge is -2.30. The number of benzene rings is 1. The van der Waals surface area contributed by atoms with E-state index in [9.17, 15) is 9.59 Å². The minimum atomic E-state index is -0.848. The standard InChI is InChI=1S/C16H16ClN3O3/c17-13-3-5-14(6-4-13)20-10-12(8-18-20)15(21)19-7-1-2-11(9-19)16(22)23/h3-6,8,10-11H,1-2,7,9H2,(H,22,23)/t11-/m1/s1. The van der Waals surface area contributed by atoms with Gasteiger partial charge in [0.15, 0.2) is 0 Å². The quantitative estimate of drug-likeness (QED) is 0.936. The minimum absolute atomic E-state index is 0.184. The molecule has 1 amide bonds. The van der Waals surface area contributed by atoms with E-state index in [2.05, 4.69) is 5.10 Å². The first-order valence-corrected chi connectivity index (χ1v) is 7.75. The van der Waals surface area contributed by atoms with Crippen LogP contribution in [0.3, 0.4) is 0 Å². The maximum absolute atomic E-state index is 12.5. The fraction of sp³-hybridized carbons (Fsp3) is 0.312. The molecule has 1 aliphatic heterocycles. The summed E-state index contributed by atoms with van der Waals surface area (Å²) in [5, 5.41) is 13.9. The molecule has 23 heavy (non-hydrogen) atoms. The third-order valence-corrected chi connectivity index (χ3v) is 4.23. The van der Waals surface area contributed by atoms with Crippen molar-refractivity contribution in [2.24, 2.45) is 5.92 Å². The van der Waals surface area contributed by atoms with Crippen molar-refractivity contribution in [1.82, 2.24) is 14.7 Å². The highest BCUT2D eigenvalue weighted by Crippen LogP contribution is 2.19. The highest BCUT2D eigenvalue weighted by Gasteiger charge is 2.29. The Hall–Kier alpha value is -2.34. The van der Waals surface area contributed by atoms with Gasteiger partial charge in [0.1, 0.15) is 0 Å². The molecule has 7 heteroatoms. The molecule has 0 radical (unpaired) electrons. The summed E-state index contributed by atoms with van der Waals surface area (Å²) in [7, 11) is 0. The lowest BCUT2D eigenvalue weighted by atomic mass is 9.98. The maximum atomic E-state index is 12.5. The number of carbonyl (C=O) groups is 2. The van der Waals surface area contributed by atoms with Crippen LogP contribution in [-0.4, -0.2) is 44.8 Å². The van der Waals surface area contributed by atoms with Gasteiger partial charge in [0, 0.05) is 24.3 Å². The van der Waals surface area contributed by atoms with E-state index < -0.39 is 11.9 Å². The van der Waals surface area contributed by atoms with Gasteiger partial charge in [-0.05, 0) is 37.1 Å². The molecule has 0 unspecified atom stereocenters. The third-order valence-electron chi connectivity index (χ3n) is 3.98. The summed E-state index contributed by atoms with van der Waals surface area (Å²) in [5.74, 6) is -1.52. The molecule has 2 heterocycles. The van der Waals surface area contributed by atoms with Crippen molar-refractivity contribution in [1.29, 1.82) is 0 Å². The van der Waals surface area contributed by atoms with Crippen molar-refractivity contribution in [3.63, 3.8) is 0 Å². The average molecular weight is 334 g/mol. The van der Waals surface area contributed by atoms with Crippen LogP contribution in [0.4, 0.5) is 0 Å². The molecule has 1 fully saturated rings. The van der Waals surface area contributed by atoms with Crippen molar-refractivity contribution in [3.8, 4) is 5.69 Å². The van der Waals surface area contributed by atoms with Gasteiger partial charge in [0.25, 0.3) is 5.91 Å². The first-order chi connectivity index (χ1) is 11.0. The largest absolute Gasteiger partial charge is 0.481 e. The zero-order chi connectivity index (χ0) is 16.4. The Kier molecular flexibility index (Phi) is 4.34. The summed E-state index contributed by atoms with van der Waals surface area (Å²) < 4.78 is 1.60. The molecule has 120 valence electrons. The molecule has 1 N–H and O–H groups in total. The lowest BCUT2D eigenvalue weighted by molar-refractivity contribution is -0.143. The Balaban J connectivity index is 1.75. The van der Waals surface area contributed by atoms with Gasteiger partial charge in [-0.15, -0.1) is 0 Å². The summed E-state index contributed by atoms with van der Waals surface area (Å²) in [6.07, 6.45) is 4.47. The molecule has 0 aliphatic carbocycles. The Morgan fingerprint density at radius 2 is 2.00 bits per heavy atom. The van der Waals surface area contributed by atoms with Crippen LogP contribution in [-0.2, 0) is 4.79 Å². The van der Waals surface area contributed by atoms with Crippen LogP contribution in [0.15, 0.2) is 36.7 Å². The van der Waals surface area contributed by atoms with Crippen molar-refractivity contribution >= 4 is 23.5 Å². The predicted molar refractivity (Wildman–Crippen MR) is 84.8 cm³/mol. The second kappa shape index (κ2) is 6.42. The van der Waals surface area contributed by atoms with Gasteiger partial charge in [-0.1, -0.05) is 11.6 Å². The van der Waals surface area contributed by atoms with Gasteiger partial charge < -0.3 is 10.0 Å². The number of piperidine rings is 1. The molecule has 2 aromatic rings. The number of carboxylic acids is 1. The summed E-state index contributed by atoms with van der Waals surface area (Å²) in [6, 6.07) is 7.13. The minimum Gasteiger partial charge on any atom is -0.481 e. The van der Waals surface area contributed by atoms with Crippen LogP contribution in [0, 0.1) is 5.92 Å². The van der Waals surface area contributed by atoms with E-state index in [0.29, 0.717) is 30.0 Å². The molecule has 6 nitrogen and oxygen atoms in total. The number of rotatable bonds is 3. The van der Waals surface area contributed by atoms with E-state index in [-0.39, 0.29) is 12.5 Å². The number of likely N-dealkylation sites (tertiary alicyclic amines) is 1. The zero-order valence-corrected chi connectivity index (χ0v) is 13.1. The van der Waals surface area contributed by atoms with E-state index in [4.69, 9.17) is 16.7 Å². The number of amides is 1. The summed E-state index contributed by atoms with van der Waals surface area (Å²) in [4.78, 5) is 25.2. The number of hydrogen-bond donors (Lipinski definition) is 1. The molecule has 1 saturated heterocycles. The SMILES string of the molecule is O=C(O)[C@@H]1CCCN(C(=O)c2cnn(-c3ccc(Cl)cc3)c2)C1. The van der Waals surface area contributed by atoms with Crippen LogP contribution in [0.1, 0.15) is 23.2 Å². The third kappa shape index (κ3) is 3.37. The smallest absolute Gasteiger partial charge is 0.308 e. The lowest BCUT2D eigenvalue weighted by Crippen LogP contribution is -2.42. The topological polar surface area (TPSA) is 75.4 Å².